The van der Waals surface area contributed by atoms with Gasteiger partial charge in [0.25, 0.3) is 11.1 Å². The zero-order chi connectivity index (χ0) is 26.9. The molecule has 2 aromatic carbocycles. The van der Waals surface area contributed by atoms with E-state index in [0.29, 0.717) is 39.6 Å². The SMILES string of the molecule is CCOC(=O)COc1cc(Br)c(/C=C2/SC(=O)N(CC(=O)Nc3ccc(OCC)cc3)C2=O)cc1OC. The number of esters is 1. The maximum absolute atomic E-state index is 12.9. The van der Waals surface area contributed by atoms with Gasteiger partial charge in [0.1, 0.15) is 12.3 Å². The van der Waals surface area contributed by atoms with Gasteiger partial charge in [-0.15, -0.1) is 0 Å². The van der Waals surface area contributed by atoms with Crippen molar-refractivity contribution in [3.05, 3.63) is 51.3 Å². The third kappa shape index (κ3) is 7.49. The number of carbonyl (C=O) groups excluding carboxylic acids is 4. The third-order valence-corrected chi connectivity index (χ3v) is 6.44. The Labute approximate surface area is 226 Å². The molecule has 196 valence electrons. The smallest absolute Gasteiger partial charge is 0.344 e. The Morgan fingerprint density at radius 1 is 1.05 bits per heavy atom. The molecule has 0 spiro atoms. The molecular weight excluding hydrogens is 568 g/mol. The number of methoxy groups -OCH3 is 1. The van der Waals surface area contributed by atoms with Crippen LogP contribution in [0.3, 0.4) is 0 Å². The zero-order valence-electron chi connectivity index (χ0n) is 20.4. The summed E-state index contributed by atoms with van der Waals surface area (Å²) in [7, 11) is 1.43. The largest absolute Gasteiger partial charge is 0.494 e. The van der Waals surface area contributed by atoms with Crippen LogP contribution in [0.25, 0.3) is 6.08 Å². The molecule has 0 aliphatic carbocycles. The second-order valence-electron chi connectivity index (χ2n) is 7.39. The molecule has 0 unspecified atom stereocenters. The number of nitrogens with zero attached hydrogens (tertiary/aromatic N) is 1. The molecule has 3 rings (SSSR count). The molecule has 1 saturated heterocycles. The van der Waals surface area contributed by atoms with Gasteiger partial charge in [0.05, 0.1) is 25.2 Å². The van der Waals surface area contributed by atoms with E-state index in [1.54, 1.807) is 43.3 Å². The highest BCUT2D eigenvalue weighted by Crippen LogP contribution is 2.38. The second kappa shape index (κ2) is 13.2. The average molecular weight is 593 g/mol. The lowest BCUT2D eigenvalue weighted by atomic mass is 10.2. The van der Waals surface area contributed by atoms with Crippen molar-refractivity contribution in [1.29, 1.82) is 0 Å². The van der Waals surface area contributed by atoms with Crippen LogP contribution < -0.4 is 19.5 Å². The number of hydrogen-bond acceptors (Lipinski definition) is 9. The lowest BCUT2D eigenvalue weighted by molar-refractivity contribution is -0.145. The van der Waals surface area contributed by atoms with E-state index in [-0.39, 0.29) is 18.1 Å². The summed E-state index contributed by atoms with van der Waals surface area (Å²) in [4.78, 5) is 50.5. The molecular formula is C25H25BrN2O8S. The van der Waals surface area contributed by atoms with E-state index in [4.69, 9.17) is 18.9 Å². The summed E-state index contributed by atoms with van der Waals surface area (Å²) >= 11 is 4.14. The Kier molecular flexibility index (Phi) is 9.98. The van der Waals surface area contributed by atoms with Gasteiger partial charge in [0, 0.05) is 10.2 Å². The minimum Gasteiger partial charge on any atom is -0.494 e. The Morgan fingerprint density at radius 2 is 1.78 bits per heavy atom. The first kappa shape index (κ1) is 28.1. The number of imide groups is 1. The fourth-order valence-electron chi connectivity index (χ4n) is 3.20. The average Bonchev–Trinajstić information content (AvgIpc) is 3.12. The first-order valence-corrected chi connectivity index (χ1v) is 12.8. The summed E-state index contributed by atoms with van der Waals surface area (Å²) in [5.41, 5.74) is 1.04. The lowest BCUT2D eigenvalue weighted by Crippen LogP contribution is -2.36. The van der Waals surface area contributed by atoms with Crippen molar-refractivity contribution in [3.63, 3.8) is 0 Å². The zero-order valence-corrected chi connectivity index (χ0v) is 22.8. The Bertz CT molecular complexity index is 1220. The first-order chi connectivity index (χ1) is 17.7. The molecule has 1 aliphatic rings. The number of benzene rings is 2. The van der Waals surface area contributed by atoms with Gasteiger partial charge in [-0.1, -0.05) is 15.9 Å². The monoisotopic (exact) mass is 592 g/mol. The molecule has 10 nitrogen and oxygen atoms in total. The number of rotatable bonds is 11. The van der Waals surface area contributed by atoms with Crippen molar-refractivity contribution in [2.75, 3.05) is 38.8 Å². The van der Waals surface area contributed by atoms with Crippen LogP contribution in [-0.4, -0.2) is 61.4 Å². The lowest BCUT2D eigenvalue weighted by Gasteiger charge is -2.13. The molecule has 1 aliphatic heterocycles. The van der Waals surface area contributed by atoms with E-state index in [2.05, 4.69) is 21.2 Å². The van der Waals surface area contributed by atoms with Crippen molar-refractivity contribution >= 4 is 62.5 Å². The molecule has 1 N–H and O–H groups in total. The third-order valence-electron chi connectivity index (χ3n) is 4.84. The van der Waals surface area contributed by atoms with Crippen molar-refractivity contribution in [2.45, 2.75) is 13.8 Å². The van der Waals surface area contributed by atoms with Gasteiger partial charge in [-0.05, 0) is 73.6 Å². The molecule has 0 saturated carbocycles. The van der Waals surface area contributed by atoms with E-state index in [0.717, 1.165) is 16.7 Å². The molecule has 0 aromatic heterocycles. The maximum atomic E-state index is 12.9. The quantitative estimate of drug-likeness (QED) is 0.297. The highest BCUT2D eigenvalue weighted by Gasteiger charge is 2.36. The fraction of sp³-hybridized carbons (Fsp3) is 0.280. The van der Waals surface area contributed by atoms with Crippen molar-refractivity contribution in [2.24, 2.45) is 0 Å². The Hall–Kier alpha value is -3.51. The molecule has 12 heteroatoms. The Balaban J connectivity index is 1.69. The minimum atomic E-state index is -0.592. The van der Waals surface area contributed by atoms with Gasteiger partial charge >= 0.3 is 5.97 Å². The van der Waals surface area contributed by atoms with Crippen molar-refractivity contribution < 1.29 is 38.1 Å². The number of halogens is 1. The molecule has 0 atom stereocenters. The van der Waals surface area contributed by atoms with Crippen LogP contribution in [0.5, 0.6) is 17.2 Å². The predicted molar refractivity (Wildman–Crippen MR) is 142 cm³/mol. The normalized spacial score (nSPS) is 14.1. The minimum absolute atomic E-state index is 0.141. The van der Waals surface area contributed by atoms with Crippen LogP contribution in [0.4, 0.5) is 10.5 Å². The molecule has 0 bridgehead atoms. The van der Waals surface area contributed by atoms with Gasteiger partial charge in [0.15, 0.2) is 18.1 Å². The van der Waals surface area contributed by atoms with E-state index in [1.165, 1.54) is 13.2 Å². The van der Waals surface area contributed by atoms with Crippen LogP contribution in [0, 0.1) is 0 Å². The summed E-state index contributed by atoms with van der Waals surface area (Å²) in [6, 6.07) is 9.93. The number of carbonyl (C=O) groups is 4. The van der Waals surface area contributed by atoms with Gasteiger partial charge in [0.2, 0.25) is 5.91 Å². The fourth-order valence-corrected chi connectivity index (χ4v) is 4.46. The van der Waals surface area contributed by atoms with E-state index < -0.39 is 29.6 Å². The number of nitrogens with one attached hydrogen (secondary N) is 1. The van der Waals surface area contributed by atoms with Crippen LogP contribution in [0.15, 0.2) is 45.8 Å². The van der Waals surface area contributed by atoms with E-state index >= 15 is 0 Å². The van der Waals surface area contributed by atoms with Gasteiger partial charge in [-0.3, -0.25) is 19.3 Å². The van der Waals surface area contributed by atoms with Crippen molar-refractivity contribution in [1.82, 2.24) is 4.90 Å². The number of amides is 3. The number of hydrogen-bond donors (Lipinski definition) is 1. The first-order valence-electron chi connectivity index (χ1n) is 11.2. The van der Waals surface area contributed by atoms with Crippen molar-refractivity contribution in [3.8, 4) is 17.2 Å². The summed E-state index contributed by atoms with van der Waals surface area (Å²) in [6.45, 7) is 3.59. The van der Waals surface area contributed by atoms with Gasteiger partial charge < -0.3 is 24.3 Å². The number of ether oxygens (including phenoxy) is 4. The summed E-state index contributed by atoms with van der Waals surface area (Å²) < 4.78 is 21.6. The summed E-state index contributed by atoms with van der Waals surface area (Å²) in [6.07, 6.45) is 1.51. The van der Waals surface area contributed by atoms with Crippen LogP contribution in [0.2, 0.25) is 0 Å². The predicted octanol–water partition coefficient (Wildman–Crippen LogP) is 4.47. The van der Waals surface area contributed by atoms with Crippen LogP contribution in [0.1, 0.15) is 19.4 Å². The topological polar surface area (TPSA) is 120 Å². The summed E-state index contributed by atoms with van der Waals surface area (Å²) in [5, 5.41) is 2.10. The van der Waals surface area contributed by atoms with Crippen LogP contribution in [-0.2, 0) is 19.1 Å². The Morgan fingerprint density at radius 3 is 2.43 bits per heavy atom. The molecule has 3 amide bonds. The number of thioether (sulfide) groups is 1. The number of anilines is 1. The van der Waals surface area contributed by atoms with E-state index in [1.807, 2.05) is 6.92 Å². The van der Waals surface area contributed by atoms with Gasteiger partial charge in [-0.2, -0.15) is 0 Å². The standard InChI is InChI=1S/C25H25BrN2O8S/c1-4-34-17-8-6-16(7-9-17)27-22(29)13-28-24(31)21(37-25(28)32)11-15-10-19(33-3)20(12-18(15)26)36-14-23(30)35-5-2/h6-12H,4-5,13-14H2,1-3H3,(H,27,29)/b21-11+. The van der Waals surface area contributed by atoms with Crippen LogP contribution >= 0.6 is 27.7 Å². The molecule has 1 heterocycles. The molecule has 0 radical (unpaired) electrons. The van der Waals surface area contributed by atoms with Gasteiger partial charge in [-0.25, -0.2) is 4.79 Å². The highest BCUT2D eigenvalue weighted by atomic mass is 79.9. The molecule has 37 heavy (non-hydrogen) atoms. The maximum Gasteiger partial charge on any atom is 0.344 e. The second-order valence-corrected chi connectivity index (χ2v) is 9.24. The summed E-state index contributed by atoms with van der Waals surface area (Å²) in [5.74, 6) is -0.363. The molecule has 1 fully saturated rings. The van der Waals surface area contributed by atoms with E-state index in [9.17, 15) is 19.2 Å². The molecule has 2 aromatic rings. The highest BCUT2D eigenvalue weighted by molar-refractivity contribution is 9.10.